The number of anilines is 1. The Hall–Kier alpha value is -2.89. The Kier molecular flexibility index (Phi) is 6.46. The molecule has 0 saturated carbocycles. The fraction of sp³-hybridized carbons (Fsp3) is 0.391. The van der Waals surface area contributed by atoms with Crippen molar-refractivity contribution in [1.82, 2.24) is 15.0 Å². The molecular formula is C23H27IN5O4+. The Morgan fingerprint density at radius 2 is 1.79 bits per heavy atom. The highest BCUT2D eigenvalue weighted by Crippen LogP contribution is 2.27. The maximum atomic E-state index is 12.4. The number of piperazine rings is 1. The molecular weight excluding hydrogens is 537 g/mol. The highest BCUT2D eigenvalue weighted by atomic mass is 127. The number of nitrogens with one attached hydrogen (secondary N) is 1. The molecule has 0 aliphatic carbocycles. The first-order valence-corrected chi connectivity index (χ1v) is 11.8. The van der Waals surface area contributed by atoms with Crippen LogP contribution in [0.1, 0.15) is 31.3 Å². The van der Waals surface area contributed by atoms with Gasteiger partial charge in [0.15, 0.2) is 5.69 Å². The summed E-state index contributed by atoms with van der Waals surface area (Å²) in [6.07, 6.45) is 1.56. The number of esters is 1. The van der Waals surface area contributed by atoms with Crippen LogP contribution in [0, 0.1) is 3.70 Å². The number of rotatable bonds is 3. The molecule has 1 saturated heterocycles. The normalized spacial score (nSPS) is 14.5. The maximum Gasteiger partial charge on any atom is 0.410 e. The lowest BCUT2D eigenvalue weighted by atomic mass is 10.0. The Morgan fingerprint density at radius 3 is 2.39 bits per heavy atom. The van der Waals surface area contributed by atoms with E-state index in [1.165, 1.54) is 7.11 Å². The lowest BCUT2D eigenvalue weighted by Gasteiger charge is -2.36. The van der Waals surface area contributed by atoms with E-state index in [1.54, 1.807) is 9.42 Å². The number of hydrogen-bond acceptors (Lipinski definition) is 6. The van der Waals surface area contributed by atoms with E-state index in [2.05, 4.69) is 37.6 Å². The third-order valence-corrected chi connectivity index (χ3v) is 6.13. The van der Waals surface area contributed by atoms with E-state index in [0.29, 0.717) is 18.7 Å². The molecule has 1 fully saturated rings. The van der Waals surface area contributed by atoms with Gasteiger partial charge < -0.3 is 19.3 Å². The minimum absolute atomic E-state index is 0.256. The second kappa shape index (κ2) is 9.16. The molecule has 10 heteroatoms. The van der Waals surface area contributed by atoms with Crippen LogP contribution in [0.3, 0.4) is 0 Å². The molecule has 0 spiro atoms. The monoisotopic (exact) mass is 564 g/mol. The van der Waals surface area contributed by atoms with Gasteiger partial charge in [0.05, 0.1) is 7.11 Å². The predicted molar refractivity (Wildman–Crippen MR) is 131 cm³/mol. The van der Waals surface area contributed by atoms with Gasteiger partial charge >= 0.3 is 17.7 Å². The number of H-pyrrole nitrogens is 1. The summed E-state index contributed by atoms with van der Waals surface area (Å²) in [7, 11) is 1.35. The molecule has 0 bridgehead atoms. The van der Waals surface area contributed by atoms with Crippen LogP contribution in [0.4, 0.5) is 10.5 Å². The molecule has 0 atom stereocenters. The zero-order chi connectivity index (χ0) is 23.8. The van der Waals surface area contributed by atoms with Crippen molar-refractivity contribution in [2.24, 2.45) is 0 Å². The van der Waals surface area contributed by atoms with E-state index in [1.807, 2.05) is 57.3 Å². The zero-order valence-corrected chi connectivity index (χ0v) is 21.2. The molecule has 0 unspecified atom stereocenters. The number of halogens is 1. The van der Waals surface area contributed by atoms with E-state index in [-0.39, 0.29) is 11.8 Å². The van der Waals surface area contributed by atoms with Crippen molar-refractivity contribution in [3.05, 3.63) is 45.9 Å². The van der Waals surface area contributed by atoms with E-state index in [0.717, 1.165) is 33.7 Å². The topological polar surface area (TPSA) is 91.9 Å². The molecule has 1 N–H and O–H groups in total. The third-order valence-electron chi connectivity index (χ3n) is 5.36. The van der Waals surface area contributed by atoms with Crippen LogP contribution < -0.4 is 9.42 Å². The van der Waals surface area contributed by atoms with Gasteiger partial charge in [0.1, 0.15) is 11.8 Å². The predicted octanol–water partition coefficient (Wildman–Crippen LogP) is 3.26. The van der Waals surface area contributed by atoms with Crippen molar-refractivity contribution < 1.29 is 23.6 Å². The average molecular weight is 564 g/mol. The van der Waals surface area contributed by atoms with Crippen molar-refractivity contribution >= 4 is 46.0 Å². The molecule has 1 aliphatic heterocycles. The summed E-state index contributed by atoms with van der Waals surface area (Å²) < 4.78 is 13.0. The summed E-state index contributed by atoms with van der Waals surface area (Å²) in [4.78, 5) is 31.9. The molecule has 33 heavy (non-hydrogen) atoms. The number of fused-ring (bicyclic) bond motifs is 1. The van der Waals surface area contributed by atoms with Gasteiger partial charge in [-0.25, -0.2) is 14.6 Å². The number of methoxy groups -OCH3 is 1. The Morgan fingerprint density at radius 1 is 1.12 bits per heavy atom. The summed E-state index contributed by atoms with van der Waals surface area (Å²) in [5.41, 5.74) is 3.16. The standard InChI is InChI=1S/C23H26IN5O4/c1-23(2,3)33-22(31)28-11-9-27(10-12-28)16-7-5-15(6-8-16)17-13-19-25-14-18(24)29(19)26-20(17)21(30)32-4/h5-8,13-14H,9-12H2,1-4H3/p+1. The van der Waals surface area contributed by atoms with Crippen LogP contribution in [-0.4, -0.2) is 65.9 Å². The molecule has 4 rings (SSSR count). The van der Waals surface area contributed by atoms with Crippen LogP contribution in [0.15, 0.2) is 36.5 Å². The van der Waals surface area contributed by atoms with Crippen molar-refractivity contribution in [3.63, 3.8) is 0 Å². The van der Waals surface area contributed by atoms with E-state index >= 15 is 0 Å². The molecule has 3 heterocycles. The minimum Gasteiger partial charge on any atom is -0.464 e. The Labute approximate surface area is 205 Å². The first-order chi connectivity index (χ1) is 15.7. The van der Waals surface area contributed by atoms with Crippen LogP contribution in [0.25, 0.3) is 16.8 Å². The lowest BCUT2D eigenvalue weighted by Crippen LogP contribution is -2.50. The number of aromatic amines is 1. The van der Waals surface area contributed by atoms with Gasteiger partial charge in [0.2, 0.25) is 3.70 Å². The number of ether oxygens (including phenoxy) is 2. The van der Waals surface area contributed by atoms with Crippen LogP contribution in [0.5, 0.6) is 0 Å². The maximum absolute atomic E-state index is 12.4. The summed E-state index contributed by atoms with van der Waals surface area (Å²) >= 11 is 2.15. The van der Waals surface area contributed by atoms with Crippen molar-refractivity contribution in [2.75, 3.05) is 38.2 Å². The fourth-order valence-electron chi connectivity index (χ4n) is 3.73. The smallest absolute Gasteiger partial charge is 0.410 e. The van der Waals surface area contributed by atoms with E-state index in [9.17, 15) is 9.59 Å². The molecule has 2 aromatic heterocycles. The highest BCUT2D eigenvalue weighted by Gasteiger charge is 2.26. The zero-order valence-electron chi connectivity index (χ0n) is 19.1. The van der Waals surface area contributed by atoms with Gasteiger partial charge in [0, 0.05) is 66.1 Å². The molecule has 3 aromatic rings. The Balaban J connectivity index is 1.52. The summed E-state index contributed by atoms with van der Waals surface area (Å²) in [6, 6.07) is 9.90. The molecule has 0 radical (unpaired) electrons. The van der Waals surface area contributed by atoms with Crippen molar-refractivity contribution in [2.45, 2.75) is 26.4 Å². The van der Waals surface area contributed by atoms with Gasteiger partial charge in [-0.1, -0.05) is 21.7 Å². The number of nitrogens with zero attached hydrogens (tertiary/aromatic N) is 4. The molecule has 174 valence electrons. The van der Waals surface area contributed by atoms with Gasteiger partial charge in [0.25, 0.3) is 0 Å². The molecule has 1 aromatic carbocycles. The SMILES string of the molecule is COC(=O)c1n[n+]2c(I)c[nH]c2cc1-c1ccc(N2CCN(C(=O)OC(C)(C)C)CC2)cc1. The van der Waals surface area contributed by atoms with Crippen LogP contribution in [0.2, 0.25) is 0 Å². The molecule has 1 amide bonds. The first-order valence-electron chi connectivity index (χ1n) is 10.7. The average Bonchev–Trinajstić information content (AvgIpc) is 3.16. The number of amides is 1. The summed E-state index contributed by atoms with van der Waals surface area (Å²) in [5.74, 6) is -0.487. The van der Waals surface area contributed by atoms with Gasteiger partial charge in [-0.2, -0.15) is 0 Å². The molecule has 9 nitrogen and oxygen atoms in total. The number of benzene rings is 1. The molecule has 1 aliphatic rings. The number of carbonyl (C=O) groups excluding carboxylic acids is 2. The first kappa shape index (κ1) is 23.3. The number of imidazole rings is 1. The van der Waals surface area contributed by atoms with Gasteiger partial charge in [-0.15, -0.1) is 0 Å². The highest BCUT2D eigenvalue weighted by molar-refractivity contribution is 14.1. The van der Waals surface area contributed by atoms with Gasteiger partial charge in [-0.3, -0.25) is 0 Å². The number of aromatic nitrogens is 3. The second-order valence-corrected chi connectivity index (χ2v) is 9.91. The number of carbonyl (C=O) groups is 2. The van der Waals surface area contributed by atoms with Crippen LogP contribution >= 0.6 is 22.6 Å². The van der Waals surface area contributed by atoms with E-state index in [4.69, 9.17) is 9.47 Å². The Bertz CT molecular complexity index is 1180. The van der Waals surface area contributed by atoms with Crippen molar-refractivity contribution in [3.8, 4) is 11.1 Å². The quantitative estimate of drug-likeness (QED) is 0.299. The van der Waals surface area contributed by atoms with Crippen LogP contribution in [-0.2, 0) is 9.47 Å². The third kappa shape index (κ3) is 5.05. The second-order valence-electron chi connectivity index (χ2n) is 8.81. The minimum atomic E-state index is -0.498. The van der Waals surface area contributed by atoms with Gasteiger partial charge in [-0.05, 0) is 38.5 Å². The summed E-state index contributed by atoms with van der Waals surface area (Å²) in [6.45, 7) is 8.26. The van der Waals surface area contributed by atoms with E-state index < -0.39 is 11.6 Å². The largest absolute Gasteiger partial charge is 0.464 e. The fourth-order valence-corrected chi connectivity index (χ4v) is 4.25. The van der Waals surface area contributed by atoms with Crippen molar-refractivity contribution in [1.29, 1.82) is 0 Å². The number of hydrogen-bond donors (Lipinski definition) is 1. The lowest BCUT2D eigenvalue weighted by molar-refractivity contribution is -0.592. The summed E-state index contributed by atoms with van der Waals surface area (Å²) in [5, 5.41) is 4.49.